The number of sulfonamides is 1. The molecule has 1 aliphatic rings. The van der Waals surface area contributed by atoms with Gasteiger partial charge in [-0.25, -0.2) is 13.4 Å². The van der Waals surface area contributed by atoms with Gasteiger partial charge in [0.05, 0.1) is 12.6 Å². The molecule has 7 nitrogen and oxygen atoms in total. The van der Waals surface area contributed by atoms with Crippen molar-refractivity contribution in [3.05, 3.63) is 24.4 Å². The normalized spacial score (nSPS) is 24.3. The molecule has 114 valence electrons. The lowest BCUT2D eigenvalue weighted by atomic mass is 10.1. The van der Waals surface area contributed by atoms with Crippen LogP contribution in [0.1, 0.15) is 19.8 Å². The lowest BCUT2D eigenvalue weighted by Crippen LogP contribution is -2.43. The summed E-state index contributed by atoms with van der Waals surface area (Å²) in [5, 5.41) is 2.36. The van der Waals surface area contributed by atoms with Gasteiger partial charge < -0.3 is 5.32 Å². The summed E-state index contributed by atoms with van der Waals surface area (Å²) >= 11 is 0. The molecule has 1 aromatic rings. The largest absolute Gasteiger partial charge is 0.349 e. The molecule has 0 aromatic carbocycles. The van der Waals surface area contributed by atoms with Crippen molar-refractivity contribution in [2.24, 2.45) is 0 Å². The Kier molecular flexibility index (Phi) is 4.69. The lowest BCUT2D eigenvalue weighted by Gasteiger charge is -2.24. The first kappa shape index (κ1) is 15.6. The molecule has 2 atom stereocenters. The predicted octanol–water partition coefficient (Wildman–Crippen LogP) is -0.0617. The van der Waals surface area contributed by atoms with Crippen LogP contribution in [0.3, 0.4) is 0 Å². The van der Waals surface area contributed by atoms with E-state index in [4.69, 9.17) is 0 Å². The number of Topliss-reactive ketones (excluding diaryl/α,β-unsaturated/α-hetero) is 1. The van der Waals surface area contributed by atoms with Crippen LogP contribution in [0.4, 0.5) is 0 Å². The first-order valence-electron chi connectivity index (χ1n) is 6.62. The van der Waals surface area contributed by atoms with Crippen LogP contribution in [0.15, 0.2) is 29.4 Å². The van der Waals surface area contributed by atoms with Gasteiger partial charge in [0.25, 0.3) is 10.0 Å². The van der Waals surface area contributed by atoms with E-state index >= 15 is 0 Å². The maximum absolute atomic E-state index is 12.6. The molecule has 0 unspecified atom stereocenters. The highest BCUT2D eigenvalue weighted by Crippen LogP contribution is 2.22. The number of carbonyl (C=O) groups is 2. The van der Waals surface area contributed by atoms with E-state index in [-0.39, 0.29) is 23.4 Å². The van der Waals surface area contributed by atoms with Gasteiger partial charge in [0.2, 0.25) is 6.41 Å². The second-order valence-corrected chi connectivity index (χ2v) is 6.79. The van der Waals surface area contributed by atoms with Crippen LogP contribution >= 0.6 is 0 Å². The summed E-state index contributed by atoms with van der Waals surface area (Å²) < 4.78 is 26.3. The highest BCUT2D eigenvalue weighted by Gasteiger charge is 2.36. The van der Waals surface area contributed by atoms with Gasteiger partial charge >= 0.3 is 0 Å². The molecule has 0 radical (unpaired) electrons. The standard InChI is InChI=1S/C13H17N3O4S/c1-10-5-6-11(15-9-17)12(18)8-16(10)21(19,20)13-4-2-3-7-14-13/h2-4,7,9-11H,5-6,8H2,1H3,(H,15,17)/t10-,11+/m1/s1. The molecule has 2 heterocycles. The van der Waals surface area contributed by atoms with E-state index in [9.17, 15) is 18.0 Å². The molecule has 1 amide bonds. The molecule has 0 saturated carbocycles. The summed E-state index contributed by atoms with van der Waals surface area (Å²) in [5.41, 5.74) is 0. The zero-order valence-corrected chi connectivity index (χ0v) is 12.4. The molecule has 1 N–H and O–H groups in total. The van der Waals surface area contributed by atoms with Gasteiger partial charge in [0.1, 0.15) is 0 Å². The van der Waals surface area contributed by atoms with Crippen molar-refractivity contribution in [1.82, 2.24) is 14.6 Å². The van der Waals surface area contributed by atoms with Gasteiger partial charge in [0.15, 0.2) is 10.8 Å². The van der Waals surface area contributed by atoms with E-state index in [1.165, 1.54) is 12.3 Å². The molecule has 0 spiro atoms. The van der Waals surface area contributed by atoms with Gasteiger partial charge in [-0.05, 0) is 31.9 Å². The average molecular weight is 311 g/mol. The minimum absolute atomic E-state index is 0.0774. The van der Waals surface area contributed by atoms with E-state index in [1.54, 1.807) is 19.1 Å². The first-order chi connectivity index (χ1) is 9.96. The molecule has 8 heteroatoms. The number of nitrogens with zero attached hydrogens (tertiary/aromatic N) is 2. The number of amides is 1. The summed E-state index contributed by atoms with van der Waals surface area (Å²) in [6.45, 7) is 1.49. The molecular formula is C13H17N3O4S. The third kappa shape index (κ3) is 3.27. The second kappa shape index (κ2) is 6.31. The Morgan fingerprint density at radius 1 is 1.38 bits per heavy atom. The topological polar surface area (TPSA) is 96.4 Å². The SMILES string of the molecule is C[C@@H]1CC[C@H](NC=O)C(=O)CN1S(=O)(=O)c1ccccn1. The van der Waals surface area contributed by atoms with E-state index in [0.717, 1.165) is 4.31 Å². The zero-order chi connectivity index (χ0) is 15.5. The Balaban J connectivity index is 2.30. The van der Waals surface area contributed by atoms with Gasteiger partial charge in [-0.2, -0.15) is 4.31 Å². The van der Waals surface area contributed by atoms with Crippen LogP contribution in [-0.2, 0) is 19.6 Å². The fourth-order valence-corrected chi connectivity index (χ4v) is 3.89. The fraction of sp³-hybridized carbons (Fsp3) is 0.462. The van der Waals surface area contributed by atoms with Crippen molar-refractivity contribution in [3.63, 3.8) is 0 Å². The van der Waals surface area contributed by atoms with Crippen LogP contribution in [-0.4, -0.2) is 48.5 Å². The Morgan fingerprint density at radius 2 is 2.14 bits per heavy atom. The number of aromatic nitrogens is 1. The average Bonchev–Trinajstić information content (AvgIpc) is 2.62. The minimum Gasteiger partial charge on any atom is -0.349 e. The van der Waals surface area contributed by atoms with E-state index < -0.39 is 16.1 Å². The lowest BCUT2D eigenvalue weighted by molar-refractivity contribution is -0.123. The number of pyridine rings is 1. The molecule has 2 rings (SSSR count). The molecule has 0 aliphatic carbocycles. The maximum atomic E-state index is 12.6. The van der Waals surface area contributed by atoms with Gasteiger partial charge in [-0.1, -0.05) is 6.07 Å². The quantitative estimate of drug-likeness (QED) is 0.786. The molecule has 1 aliphatic heterocycles. The van der Waals surface area contributed by atoms with Crippen LogP contribution in [0.25, 0.3) is 0 Å². The van der Waals surface area contributed by atoms with Crippen LogP contribution in [0, 0.1) is 0 Å². The number of hydrogen-bond donors (Lipinski definition) is 1. The highest BCUT2D eigenvalue weighted by molar-refractivity contribution is 7.89. The Morgan fingerprint density at radius 3 is 2.76 bits per heavy atom. The molecule has 1 saturated heterocycles. The molecule has 1 aromatic heterocycles. The van der Waals surface area contributed by atoms with Crippen LogP contribution in [0.2, 0.25) is 0 Å². The smallest absolute Gasteiger partial charge is 0.261 e. The second-order valence-electron chi connectivity index (χ2n) is 4.95. The van der Waals surface area contributed by atoms with Gasteiger partial charge in [-0.15, -0.1) is 0 Å². The van der Waals surface area contributed by atoms with Crippen molar-refractivity contribution in [2.75, 3.05) is 6.54 Å². The zero-order valence-electron chi connectivity index (χ0n) is 11.6. The predicted molar refractivity (Wildman–Crippen MR) is 74.8 cm³/mol. The summed E-state index contributed by atoms with van der Waals surface area (Å²) in [5.74, 6) is -0.314. The number of rotatable bonds is 4. The first-order valence-corrected chi connectivity index (χ1v) is 8.06. The Bertz CT molecular complexity index is 618. The van der Waals surface area contributed by atoms with Crippen LogP contribution < -0.4 is 5.32 Å². The van der Waals surface area contributed by atoms with Crippen molar-refractivity contribution in [3.8, 4) is 0 Å². The third-order valence-corrected chi connectivity index (χ3v) is 5.42. The Hall–Kier alpha value is -1.80. The van der Waals surface area contributed by atoms with Crippen molar-refractivity contribution in [1.29, 1.82) is 0 Å². The maximum Gasteiger partial charge on any atom is 0.261 e. The number of hydrogen-bond acceptors (Lipinski definition) is 5. The van der Waals surface area contributed by atoms with E-state index in [1.807, 2.05) is 0 Å². The third-order valence-electron chi connectivity index (χ3n) is 3.55. The summed E-state index contributed by atoms with van der Waals surface area (Å²) in [6.07, 6.45) is 2.78. The summed E-state index contributed by atoms with van der Waals surface area (Å²) in [7, 11) is -3.82. The number of ketones is 1. The number of carbonyl (C=O) groups excluding carboxylic acids is 2. The summed E-state index contributed by atoms with van der Waals surface area (Å²) in [4.78, 5) is 26.5. The Labute approximate surface area is 123 Å². The van der Waals surface area contributed by atoms with E-state index in [0.29, 0.717) is 19.3 Å². The molecule has 21 heavy (non-hydrogen) atoms. The van der Waals surface area contributed by atoms with Gasteiger partial charge in [-0.3, -0.25) is 9.59 Å². The monoisotopic (exact) mass is 311 g/mol. The number of nitrogens with one attached hydrogen (secondary N) is 1. The minimum atomic E-state index is -3.82. The molecular weight excluding hydrogens is 294 g/mol. The van der Waals surface area contributed by atoms with Crippen molar-refractivity contribution >= 4 is 22.2 Å². The van der Waals surface area contributed by atoms with Crippen LogP contribution in [0.5, 0.6) is 0 Å². The molecule has 1 fully saturated rings. The van der Waals surface area contributed by atoms with E-state index in [2.05, 4.69) is 10.3 Å². The van der Waals surface area contributed by atoms with Crippen molar-refractivity contribution < 1.29 is 18.0 Å². The highest BCUT2D eigenvalue weighted by atomic mass is 32.2. The van der Waals surface area contributed by atoms with Gasteiger partial charge in [0, 0.05) is 12.2 Å². The van der Waals surface area contributed by atoms with Crippen molar-refractivity contribution in [2.45, 2.75) is 36.9 Å². The fourth-order valence-electron chi connectivity index (χ4n) is 2.33. The summed E-state index contributed by atoms with van der Waals surface area (Å²) in [6, 6.07) is 3.65. The molecule has 0 bridgehead atoms.